The van der Waals surface area contributed by atoms with E-state index in [1.807, 2.05) is 99.0 Å². The molecule has 13 heteroatoms. The average molecular weight is 799 g/mol. The van der Waals surface area contributed by atoms with Crippen LogP contribution in [0.5, 0.6) is 23.0 Å². The SMILES string of the molecule is CC(C)(CO)c1cc2cc(NC(=O)C3(c4ccc5c(c4)OCO5)CC3C3CC3(C(=O)O)c3cc4c(c(-n5c(C(C)(C)CO)cc6cc(N)ccc65)c3)OCO4)ccc2[nH]1. The summed E-state index contributed by atoms with van der Waals surface area (Å²) >= 11 is 0. The number of aliphatic hydroxyl groups excluding tert-OH is 2. The van der Waals surface area contributed by atoms with Gasteiger partial charge in [0.1, 0.15) is 0 Å². The van der Waals surface area contributed by atoms with Crippen LogP contribution < -0.4 is 30.0 Å². The number of nitrogen functional groups attached to an aromatic ring is 1. The number of H-pyrrole nitrogens is 1. The summed E-state index contributed by atoms with van der Waals surface area (Å²) < 4.78 is 25.4. The number of aliphatic hydroxyl groups is 2. The molecule has 2 aromatic heterocycles. The van der Waals surface area contributed by atoms with Crippen molar-refractivity contribution in [2.24, 2.45) is 11.8 Å². The number of aromatic amines is 1. The van der Waals surface area contributed by atoms with E-state index in [4.69, 9.17) is 24.7 Å². The van der Waals surface area contributed by atoms with E-state index in [9.17, 15) is 24.9 Å². The normalized spacial score (nSPS) is 22.9. The van der Waals surface area contributed by atoms with Crippen molar-refractivity contribution in [2.75, 3.05) is 37.9 Å². The van der Waals surface area contributed by atoms with Gasteiger partial charge in [0.25, 0.3) is 0 Å². The summed E-state index contributed by atoms with van der Waals surface area (Å²) in [7, 11) is 0. The molecule has 2 fully saturated rings. The zero-order chi connectivity index (χ0) is 41.2. The number of hydrogen-bond acceptors (Lipinski definition) is 9. The van der Waals surface area contributed by atoms with Crippen LogP contribution in [-0.4, -0.2) is 63.5 Å². The number of nitrogens with one attached hydrogen (secondary N) is 2. The van der Waals surface area contributed by atoms with Gasteiger partial charge >= 0.3 is 5.97 Å². The van der Waals surface area contributed by atoms with Gasteiger partial charge in [0, 0.05) is 49.9 Å². The van der Waals surface area contributed by atoms with Gasteiger partial charge in [-0.2, -0.15) is 0 Å². The highest BCUT2D eigenvalue weighted by Gasteiger charge is 2.75. The second-order valence-electron chi connectivity index (χ2n) is 17.9. The van der Waals surface area contributed by atoms with Crippen molar-refractivity contribution in [3.63, 3.8) is 0 Å². The summed E-state index contributed by atoms with van der Waals surface area (Å²) in [4.78, 5) is 32.0. The molecular formula is C46H46N4O9. The number of nitrogens with zero attached hydrogens (tertiary/aromatic N) is 1. The van der Waals surface area contributed by atoms with Gasteiger partial charge < -0.3 is 54.9 Å². The Bertz CT molecular complexity index is 2750. The number of aromatic nitrogens is 2. The van der Waals surface area contributed by atoms with Crippen molar-refractivity contribution >= 4 is 45.1 Å². The molecule has 0 radical (unpaired) electrons. The fourth-order valence-corrected chi connectivity index (χ4v) is 9.54. The Morgan fingerprint density at radius 3 is 2.27 bits per heavy atom. The van der Waals surface area contributed by atoms with Crippen LogP contribution in [0.25, 0.3) is 27.5 Å². The molecule has 4 heterocycles. The molecule has 304 valence electrons. The third kappa shape index (κ3) is 5.51. The van der Waals surface area contributed by atoms with E-state index in [1.54, 1.807) is 12.1 Å². The number of carbonyl (C=O) groups is 2. The lowest BCUT2D eigenvalue weighted by molar-refractivity contribution is -0.140. The molecule has 10 rings (SSSR count). The second kappa shape index (κ2) is 12.7. The molecule has 0 spiro atoms. The van der Waals surface area contributed by atoms with Crippen LogP contribution in [0, 0.1) is 11.8 Å². The number of fused-ring (bicyclic) bond motifs is 4. The molecule has 4 unspecified atom stereocenters. The molecule has 4 aliphatic rings. The number of carbonyl (C=O) groups excluding carboxylic acids is 1. The van der Waals surface area contributed by atoms with E-state index < -0.39 is 33.5 Å². The van der Waals surface area contributed by atoms with Gasteiger partial charge in [-0.15, -0.1) is 0 Å². The Balaban J connectivity index is 1.05. The third-order valence-corrected chi connectivity index (χ3v) is 13.3. The van der Waals surface area contributed by atoms with E-state index >= 15 is 0 Å². The number of nitrogens with two attached hydrogens (primary N) is 1. The highest BCUT2D eigenvalue weighted by molar-refractivity contribution is 6.04. The number of carboxylic acids is 1. The Morgan fingerprint density at radius 2 is 1.49 bits per heavy atom. The minimum atomic E-state index is -1.33. The standard InChI is InChI=1S/C46H46N4O9/c1-43(2,20-51)38-13-24-12-29(7-8-32(24)49-38)48-41(53)45(26-5-10-35-36(16-26)57-22-56-35)18-30(45)31-19-46(31,42(54)55)27-15-34(40-37(17-27)58-23-59-40)50-33-9-6-28(47)11-25(33)14-39(50)44(3,4)21-52/h5-17,30-31,49,51-52H,18-23,47H2,1-4H3,(H,48,53)(H,54,55). The highest BCUT2D eigenvalue weighted by atomic mass is 16.7. The van der Waals surface area contributed by atoms with Gasteiger partial charge in [-0.1, -0.05) is 33.8 Å². The van der Waals surface area contributed by atoms with Crippen LogP contribution in [0.4, 0.5) is 11.4 Å². The maximum atomic E-state index is 14.8. The Morgan fingerprint density at radius 1 is 0.780 bits per heavy atom. The van der Waals surface area contributed by atoms with Crippen molar-refractivity contribution in [1.82, 2.24) is 9.55 Å². The molecule has 2 aliphatic heterocycles. The first-order valence-corrected chi connectivity index (χ1v) is 19.9. The predicted octanol–water partition coefficient (Wildman–Crippen LogP) is 6.63. The molecule has 2 saturated carbocycles. The van der Waals surface area contributed by atoms with Crippen LogP contribution in [0.3, 0.4) is 0 Å². The number of benzene rings is 4. The van der Waals surface area contributed by atoms with Gasteiger partial charge in [-0.3, -0.25) is 9.59 Å². The number of carboxylic acid groups (broad SMARTS) is 1. The fraction of sp³-hybridized carbons (Fsp3) is 0.348. The summed E-state index contributed by atoms with van der Waals surface area (Å²) in [5.41, 5.74) is 9.06. The van der Waals surface area contributed by atoms with Gasteiger partial charge in [0.15, 0.2) is 23.0 Å². The van der Waals surface area contributed by atoms with Crippen LogP contribution >= 0.6 is 0 Å². The molecule has 2 aliphatic carbocycles. The van der Waals surface area contributed by atoms with Crippen LogP contribution in [-0.2, 0) is 31.2 Å². The van der Waals surface area contributed by atoms with E-state index in [1.165, 1.54) is 0 Å². The second-order valence-corrected chi connectivity index (χ2v) is 17.9. The first-order valence-electron chi connectivity index (χ1n) is 19.9. The minimum absolute atomic E-state index is 0.0306. The van der Waals surface area contributed by atoms with E-state index in [0.717, 1.165) is 38.8 Å². The lowest BCUT2D eigenvalue weighted by Gasteiger charge is -2.26. The van der Waals surface area contributed by atoms with Gasteiger partial charge in [-0.05, 0) is 109 Å². The molecule has 4 aromatic carbocycles. The van der Waals surface area contributed by atoms with E-state index in [2.05, 4.69) is 10.3 Å². The van der Waals surface area contributed by atoms with E-state index in [0.29, 0.717) is 58.5 Å². The number of ether oxygens (including phenoxy) is 4. The zero-order valence-electron chi connectivity index (χ0n) is 33.2. The Kier molecular flexibility index (Phi) is 7.96. The monoisotopic (exact) mass is 798 g/mol. The Labute approximate surface area is 339 Å². The summed E-state index contributed by atoms with van der Waals surface area (Å²) in [5, 5.41) is 36.7. The van der Waals surface area contributed by atoms with Crippen molar-refractivity contribution in [1.29, 1.82) is 0 Å². The highest BCUT2D eigenvalue weighted by Crippen LogP contribution is 2.72. The smallest absolute Gasteiger partial charge is 0.314 e. The molecule has 0 bridgehead atoms. The molecule has 6 aromatic rings. The largest absolute Gasteiger partial charge is 0.481 e. The summed E-state index contributed by atoms with van der Waals surface area (Å²) in [6.07, 6.45) is 0.734. The average Bonchev–Trinajstić information content (AvgIpc) is 3.73. The van der Waals surface area contributed by atoms with Crippen LogP contribution in [0.1, 0.15) is 63.1 Å². The number of aliphatic carboxylic acids is 1. The zero-order valence-corrected chi connectivity index (χ0v) is 33.2. The molecule has 1 amide bonds. The molecular weight excluding hydrogens is 753 g/mol. The predicted molar refractivity (Wildman–Crippen MR) is 221 cm³/mol. The molecule has 4 atom stereocenters. The van der Waals surface area contributed by atoms with Gasteiger partial charge in [-0.25, -0.2) is 0 Å². The molecule has 59 heavy (non-hydrogen) atoms. The lowest BCUT2D eigenvalue weighted by atomic mass is 9.85. The van der Waals surface area contributed by atoms with Crippen molar-refractivity contribution in [2.45, 2.75) is 62.2 Å². The van der Waals surface area contributed by atoms with Gasteiger partial charge in [0.2, 0.25) is 19.5 Å². The van der Waals surface area contributed by atoms with Gasteiger partial charge in [0.05, 0.1) is 35.2 Å². The summed E-state index contributed by atoms with van der Waals surface area (Å²) in [5.74, 6) is 0.0611. The quantitative estimate of drug-likeness (QED) is 0.0776. The first kappa shape index (κ1) is 37.1. The minimum Gasteiger partial charge on any atom is -0.481 e. The lowest BCUT2D eigenvalue weighted by Crippen LogP contribution is -2.32. The van der Waals surface area contributed by atoms with Crippen LogP contribution in [0.2, 0.25) is 0 Å². The number of rotatable bonds is 11. The maximum absolute atomic E-state index is 14.8. The number of amides is 1. The Hall–Kier alpha value is -6.18. The number of anilines is 2. The van der Waals surface area contributed by atoms with Crippen molar-refractivity contribution in [3.8, 4) is 28.7 Å². The molecule has 0 saturated heterocycles. The summed E-state index contributed by atoms with van der Waals surface area (Å²) in [6, 6.07) is 24.4. The van der Waals surface area contributed by atoms with Crippen molar-refractivity contribution in [3.05, 3.63) is 101 Å². The topological polar surface area (TPSA) is 191 Å². The van der Waals surface area contributed by atoms with Crippen LogP contribution in [0.15, 0.2) is 78.9 Å². The third-order valence-electron chi connectivity index (χ3n) is 13.3. The van der Waals surface area contributed by atoms with E-state index in [-0.39, 0.29) is 38.6 Å². The molecule has 7 N–H and O–H groups in total. The number of hydrogen-bond donors (Lipinski definition) is 6. The maximum Gasteiger partial charge on any atom is 0.314 e. The fourth-order valence-electron chi connectivity index (χ4n) is 9.54. The van der Waals surface area contributed by atoms with Crippen molar-refractivity contribution < 1.29 is 43.9 Å². The summed E-state index contributed by atoms with van der Waals surface area (Å²) in [6.45, 7) is 7.66. The molecule has 13 nitrogen and oxygen atoms in total. The first-order chi connectivity index (χ1) is 28.2.